The molecule has 0 aromatic heterocycles. The van der Waals surface area contributed by atoms with E-state index in [9.17, 15) is 0 Å². The van der Waals surface area contributed by atoms with Crippen LogP contribution in [0.1, 0.15) is 13.8 Å². The Morgan fingerprint density at radius 3 is 2.45 bits per heavy atom. The minimum Gasteiger partial charge on any atom is -0.497 e. The highest BCUT2D eigenvalue weighted by Crippen LogP contribution is 2.28. The number of hydrogen-bond donors (Lipinski definition) is 2. The highest BCUT2D eigenvalue weighted by Gasteiger charge is 2.06. The van der Waals surface area contributed by atoms with E-state index in [0.717, 1.165) is 31.1 Å². The zero-order valence-electron chi connectivity index (χ0n) is 13.8. The van der Waals surface area contributed by atoms with Crippen molar-refractivity contribution in [2.24, 2.45) is 10.7 Å². The van der Waals surface area contributed by atoms with Crippen LogP contribution in [-0.2, 0) is 0 Å². The van der Waals surface area contributed by atoms with Gasteiger partial charge < -0.3 is 25.4 Å². The average molecular weight is 422 g/mol. The zero-order valence-corrected chi connectivity index (χ0v) is 16.1. The van der Waals surface area contributed by atoms with Crippen molar-refractivity contribution in [3.05, 3.63) is 18.2 Å². The molecule has 1 rings (SSSR count). The van der Waals surface area contributed by atoms with Gasteiger partial charge in [-0.3, -0.25) is 4.99 Å². The summed E-state index contributed by atoms with van der Waals surface area (Å²) in [6, 6.07) is 5.48. The van der Waals surface area contributed by atoms with E-state index in [-0.39, 0.29) is 24.0 Å². The third-order valence-electron chi connectivity index (χ3n) is 3.26. The van der Waals surface area contributed by atoms with Crippen LogP contribution >= 0.6 is 24.0 Å². The van der Waals surface area contributed by atoms with Crippen LogP contribution in [0.2, 0.25) is 0 Å². The number of likely N-dealkylation sites (N-methyl/N-ethyl adjacent to an activating group) is 1. The van der Waals surface area contributed by atoms with Crippen molar-refractivity contribution in [2.75, 3.05) is 45.7 Å². The molecule has 0 aliphatic rings. The van der Waals surface area contributed by atoms with Gasteiger partial charge in [-0.05, 0) is 25.2 Å². The van der Waals surface area contributed by atoms with Crippen LogP contribution in [0.25, 0.3) is 0 Å². The number of aliphatic imine (C=N–C) groups is 1. The SMILES string of the molecule is CCN(CC)CCN=C(N)Nc1cc(OC)ccc1OC.I. The second-order valence-electron chi connectivity index (χ2n) is 4.49. The number of nitrogens with one attached hydrogen (secondary N) is 1. The van der Waals surface area contributed by atoms with Gasteiger partial charge in [-0.1, -0.05) is 13.8 Å². The smallest absolute Gasteiger partial charge is 0.193 e. The minimum absolute atomic E-state index is 0. The largest absolute Gasteiger partial charge is 0.497 e. The van der Waals surface area contributed by atoms with E-state index < -0.39 is 0 Å². The normalized spacial score (nSPS) is 11.0. The number of guanidine groups is 1. The fourth-order valence-electron chi connectivity index (χ4n) is 1.94. The van der Waals surface area contributed by atoms with Gasteiger partial charge in [0.1, 0.15) is 11.5 Å². The Hall–Kier alpha value is -1.22. The molecule has 0 saturated heterocycles. The quantitative estimate of drug-likeness (QED) is 0.383. The molecular formula is C15H27IN4O2. The highest BCUT2D eigenvalue weighted by atomic mass is 127. The Bertz CT molecular complexity index is 465. The first-order valence-electron chi connectivity index (χ1n) is 7.15. The Balaban J connectivity index is 0.00000441. The number of ether oxygens (including phenoxy) is 2. The van der Waals surface area contributed by atoms with Gasteiger partial charge in [0.2, 0.25) is 0 Å². The summed E-state index contributed by atoms with van der Waals surface area (Å²) in [4.78, 5) is 6.63. The molecule has 0 saturated carbocycles. The lowest BCUT2D eigenvalue weighted by Gasteiger charge is -2.16. The maximum absolute atomic E-state index is 5.91. The third-order valence-corrected chi connectivity index (χ3v) is 3.26. The van der Waals surface area contributed by atoms with Gasteiger partial charge in [0, 0.05) is 12.6 Å². The molecule has 7 heteroatoms. The number of halogens is 1. The first-order valence-corrected chi connectivity index (χ1v) is 7.15. The van der Waals surface area contributed by atoms with Crippen molar-refractivity contribution in [1.82, 2.24) is 4.90 Å². The molecular weight excluding hydrogens is 395 g/mol. The van der Waals surface area contributed by atoms with E-state index in [2.05, 4.69) is 29.1 Å². The predicted octanol–water partition coefficient (Wildman–Crippen LogP) is 2.39. The first-order chi connectivity index (χ1) is 10.1. The molecule has 0 bridgehead atoms. The average Bonchev–Trinajstić information content (AvgIpc) is 2.51. The van der Waals surface area contributed by atoms with E-state index in [1.807, 2.05) is 18.2 Å². The predicted molar refractivity (Wildman–Crippen MR) is 103 cm³/mol. The molecule has 0 radical (unpaired) electrons. The van der Waals surface area contributed by atoms with Crippen LogP contribution in [-0.4, -0.2) is 51.3 Å². The van der Waals surface area contributed by atoms with Gasteiger partial charge in [0.15, 0.2) is 5.96 Å². The zero-order chi connectivity index (χ0) is 15.7. The van der Waals surface area contributed by atoms with Gasteiger partial charge in [-0.2, -0.15) is 0 Å². The lowest BCUT2D eigenvalue weighted by Crippen LogP contribution is -2.28. The molecule has 1 aromatic rings. The topological polar surface area (TPSA) is 72.1 Å². The molecule has 126 valence electrons. The summed E-state index contributed by atoms with van der Waals surface area (Å²) >= 11 is 0. The molecule has 0 spiro atoms. The van der Waals surface area contributed by atoms with Crippen LogP contribution in [0.4, 0.5) is 5.69 Å². The van der Waals surface area contributed by atoms with Gasteiger partial charge in [0.05, 0.1) is 26.5 Å². The van der Waals surface area contributed by atoms with Crippen molar-refractivity contribution < 1.29 is 9.47 Å². The Morgan fingerprint density at radius 2 is 1.91 bits per heavy atom. The van der Waals surface area contributed by atoms with Crippen molar-refractivity contribution in [3.63, 3.8) is 0 Å². The Labute approximate surface area is 150 Å². The number of rotatable bonds is 8. The van der Waals surface area contributed by atoms with E-state index in [0.29, 0.717) is 18.3 Å². The van der Waals surface area contributed by atoms with Crippen molar-refractivity contribution in [3.8, 4) is 11.5 Å². The molecule has 0 amide bonds. The molecule has 22 heavy (non-hydrogen) atoms. The van der Waals surface area contributed by atoms with Crippen LogP contribution in [0.3, 0.4) is 0 Å². The van der Waals surface area contributed by atoms with Gasteiger partial charge >= 0.3 is 0 Å². The number of benzene rings is 1. The van der Waals surface area contributed by atoms with E-state index in [4.69, 9.17) is 15.2 Å². The summed E-state index contributed by atoms with van der Waals surface area (Å²) in [6.45, 7) is 7.86. The van der Waals surface area contributed by atoms with E-state index >= 15 is 0 Å². The molecule has 0 fully saturated rings. The summed E-state index contributed by atoms with van der Waals surface area (Å²) in [6.07, 6.45) is 0. The third kappa shape index (κ3) is 6.69. The Morgan fingerprint density at radius 1 is 1.23 bits per heavy atom. The fraction of sp³-hybridized carbons (Fsp3) is 0.533. The second kappa shape index (κ2) is 11.4. The van der Waals surface area contributed by atoms with Gasteiger partial charge in [-0.15, -0.1) is 24.0 Å². The van der Waals surface area contributed by atoms with Crippen LogP contribution in [0.15, 0.2) is 23.2 Å². The highest BCUT2D eigenvalue weighted by molar-refractivity contribution is 14.0. The lowest BCUT2D eigenvalue weighted by atomic mass is 10.2. The summed E-state index contributed by atoms with van der Waals surface area (Å²) < 4.78 is 10.5. The van der Waals surface area contributed by atoms with Gasteiger partial charge in [0.25, 0.3) is 0 Å². The maximum Gasteiger partial charge on any atom is 0.193 e. The van der Waals surface area contributed by atoms with Crippen molar-refractivity contribution in [1.29, 1.82) is 0 Å². The van der Waals surface area contributed by atoms with Gasteiger partial charge in [-0.25, -0.2) is 0 Å². The molecule has 0 aliphatic heterocycles. The van der Waals surface area contributed by atoms with Crippen molar-refractivity contribution >= 4 is 35.6 Å². The monoisotopic (exact) mass is 422 g/mol. The summed E-state index contributed by atoms with van der Waals surface area (Å²) in [5.41, 5.74) is 6.65. The minimum atomic E-state index is 0. The first kappa shape index (κ1) is 20.8. The van der Waals surface area contributed by atoms with Crippen LogP contribution < -0.4 is 20.5 Å². The summed E-state index contributed by atoms with van der Waals surface area (Å²) in [7, 11) is 3.23. The molecule has 6 nitrogen and oxygen atoms in total. The lowest BCUT2D eigenvalue weighted by molar-refractivity contribution is 0.313. The van der Waals surface area contributed by atoms with Crippen LogP contribution in [0.5, 0.6) is 11.5 Å². The summed E-state index contributed by atoms with van der Waals surface area (Å²) in [5, 5.41) is 3.05. The van der Waals surface area contributed by atoms with E-state index in [1.165, 1.54) is 0 Å². The number of anilines is 1. The molecule has 3 N–H and O–H groups in total. The fourth-order valence-corrected chi connectivity index (χ4v) is 1.94. The molecule has 0 atom stereocenters. The molecule has 0 aliphatic carbocycles. The standard InChI is InChI=1S/C15H26N4O2.HI/c1-5-19(6-2)10-9-17-15(16)18-13-11-12(20-3)7-8-14(13)21-4;/h7-8,11H,5-6,9-10H2,1-4H3,(H3,16,17,18);1H. The van der Waals surface area contributed by atoms with Crippen LogP contribution in [0, 0.1) is 0 Å². The number of hydrogen-bond acceptors (Lipinski definition) is 4. The number of nitrogens with zero attached hydrogens (tertiary/aromatic N) is 2. The number of nitrogens with two attached hydrogens (primary N) is 1. The Kier molecular flexibility index (Phi) is 10.7. The molecule has 0 heterocycles. The van der Waals surface area contributed by atoms with Crippen molar-refractivity contribution in [2.45, 2.75) is 13.8 Å². The second-order valence-corrected chi connectivity index (χ2v) is 4.49. The molecule has 1 aromatic carbocycles. The number of methoxy groups -OCH3 is 2. The maximum atomic E-state index is 5.91. The molecule has 0 unspecified atom stereocenters. The summed E-state index contributed by atoms with van der Waals surface area (Å²) in [5.74, 6) is 1.79. The van der Waals surface area contributed by atoms with E-state index in [1.54, 1.807) is 14.2 Å².